The molecule has 5 rings (SSSR count). The number of likely N-dealkylation sites (N-methyl/N-ethyl adjacent to an activating group) is 1. The maximum atomic E-state index is 14.2. The van der Waals surface area contributed by atoms with E-state index in [0.29, 0.717) is 43.0 Å². The lowest BCUT2D eigenvalue weighted by Gasteiger charge is -2.19. The van der Waals surface area contributed by atoms with Gasteiger partial charge in [0.1, 0.15) is 23.5 Å². The van der Waals surface area contributed by atoms with E-state index in [1.165, 1.54) is 11.0 Å². The summed E-state index contributed by atoms with van der Waals surface area (Å²) in [6, 6.07) is 7.31. The summed E-state index contributed by atoms with van der Waals surface area (Å²) in [5.74, 6) is 0.264. The highest BCUT2D eigenvalue weighted by Crippen LogP contribution is 2.31. The number of aromatic nitrogens is 5. The molecular weight excluding hydrogens is 389 g/mol. The Morgan fingerprint density at radius 2 is 2.07 bits per heavy atom. The molecule has 0 radical (unpaired) electrons. The fourth-order valence-electron chi connectivity index (χ4n) is 4.15. The highest BCUT2D eigenvalue weighted by Gasteiger charge is 2.33. The molecule has 0 spiro atoms. The van der Waals surface area contributed by atoms with Crippen molar-refractivity contribution in [2.45, 2.75) is 37.9 Å². The van der Waals surface area contributed by atoms with Crippen molar-refractivity contribution in [3.8, 4) is 0 Å². The van der Waals surface area contributed by atoms with Gasteiger partial charge in [0.15, 0.2) is 0 Å². The van der Waals surface area contributed by atoms with E-state index >= 15 is 0 Å². The van der Waals surface area contributed by atoms with Crippen LogP contribution < -0.4 is 10.2 Å². The maximum absolute atomic E-state index is 14.2. The first-order valence-corrected chi connectivity index (χ1v) is 9.83. The Hall–Kier alpha value is -3.56. The summed E-state index contributed by atoms with van der Waals surface area (Å²) in [5, 5.41) is 11.3. The van der Waals surface area contributed by atoms with Gasteiger partial charge in [-0.25, -0.2) is 18.7 Å². The SMILES string of the molecule is CN1C(=O)[C@@H](NC(=O)c2nc3n(n2)C(c2ccccc2F)CC3)CCn2nccc21. The number of carbonyl (C=O) groups is 2. The van der Waals surface area contributed by atoms with Crippen LogP contribution in [0.5, 0.6) is 0 Å². The number of halogens is 1. The standard InChI is InChI=1S/C20H20FN7O2/c1-26-17-8-10-22-27(17)11-9-14(20(26)30)23-19(29)18-24-16-7-6-15(28(16)25-18)12-4-2-3-5-13(12)21/h2-5,8,10,14-15H,6-7,9,11H2,1H3,(H,23,29)/t14-,15?/m0/s1. The summed E-state index contributed by atoms with van der Waals surface area (Å²) in [6.45, 7) is 0.506. The fourth-order valence-corrected chi connectivity index (χ4v) is 4.15. The first-order valence-electron chi connectivity index (χ1n) is 9.83. The van der Waals surface area contributed by atoms with E-state index in [2.05, 4.69) is 20.5 Å². The molecule has 2 aliphatic heterocycles. The van der Waals surface area contributed by atoms with Crippen molar-refractivity contribution in [2.24, 2.45) is 0 Å². The number of hydrogen-bond donors (Lipinski definition) is 1. The van der Waals surface area contributed by atoms with Crippen LogP contribution >= 0.6 is 0 Å². The smallest absolute Gasteiger partial charge is 0.291 e. The third-order valence-electron chi connectivity index (χ3n) is 5.71. The Balaban J connectivity index is 1.35. The molecule has 1 aromatic carbocycles. The molecule has 1 N–H and O–H groups in total. The van der Waals surface area contributed by atoms with Gasteiger partial charge in [0.05, 0.1) is 12.2 Å². The van der Waals surface area contributed by atoms with E-state index in [4.69, 9.17) is 0 Å². The lowest BCUT2D eigenvalue weighted by molar-refractivity contribution is -0.120. The number of aryl methyl sites for hydroxylation is 2. The summed E-state index contributed by atoms with van der Waals surface area (Å²) in [6.07, 6.45) is 3.33. The van der Waals surface area contributed by atoms with Crippen LogP contribution in [0.1, 0.15) is 40.9 Å². The zero-order valence-electron chi connectivity index (χ0n) is 16.3. The van der Waals surface area contributed by atoms with Crippen LogP contribution in [0.2, 0.25) is 0 Å². The van der Waals surface area contributed by atoms with Crippen LogP contribution in [0.3, 0.4) is 0 Å². The molecule has 10 heteroatoms. The van der Waals surface area contributed by atoms with Gasteiger partial charge in [-0.1, -0.05) is 18.2 Å². The van der Waals surface area contributed by atoms with Crippen LogP contribution in [-0.4, -0.2) is 49.4 Å². The molecule has 30 heavy (non-hydrogen) atoms. The number of fused-ring (bicyclic) bond motifs is 2. The van der Waals surface area contributed by atoms with Crippen molar-refractivity contribution in [1.29, 1.82) is 0 Å². The summed E-state index contributed by atoms with van der Waals surface area (Å²) < 4.78 is 17.6. The number of rotatable bonds is 3. The van der Waals surface area contributed by atoms with Crippen molar-refractivity contribution in [3.05, 3.63) is 59.6 Å². The number of carbonyl (C=O) groups excluding carboxylic acids is 2. The Labute approximate surface area is 171 Å². The molecular formula is C20H20FN7O2. The molecule has 2 aliphatic rings. The topological polar surface area (TPSA) is 97.9 Å². The average molecular weight is 409 g/mol. The predicted molar refractivity (Wildman–Crippen MR) is 104 cm³/mol. The lowest BCUT2D eigenvalue weighted by Crippen LogP contribution is -2.47. The van der Waals surface area contributed by atoms with Crippen molar-refractivity contribution < 1.29 is 14.0 Å². The Morgan fingerprint density at radius 3 is 2.90 bits per heavy atom. The van der Waals surface area contributed by atoms with Gasteiger partial charge in [-0.3, -0.25) is 14.5 Å². The van der Waals surface area contributed by atoms with Crippen molar-refractivity contribution >= 4 is 17.6 Å². The molecule has 154 valence electrons. The second kappa shape index (κ2) is 7.05. The molecule has 3 aromatic rings. The average Bonchev–Trinajstić information content (AvgIpc) is 3.44. The van der Waals surface area contributed by atoms with Crippen LogP contribution in [0.25, 0.3) is 0 Å². The highest BCUT2D eigenvalue weighted by molar-refractivity contribution is 6.00. The van der Waals surface area contributed by atoms with E-state index in [1.807, 2.05) is 0 Å². The summed E-state index contributed by atoms with van der Waals surface area (Å²) in [7, 11) is 1.66. The number of nitrogens with zero attached hydrogens (tertiary/aromatic N) is 6. The van der Waals surface area contributed by atoms with Crippen LogP contribution in [0.4, 0.5) is 10.2 Å². The van der Waals surface area contributed by atoms with Gasteiger partial charge >= 0.3 is 0 Å². The van der Waals surface area contributed by atoms with Crippen LogP contribution in [0.15, 0.2) is 36.5 Å². The quantitative estimate of drug-likeness (QED) is 0.704. The largest absolute Gasteiger partial charge is 0.337 e. The van der Waals surface area contributed by atoms with E-state index in [-0.39, 0.29) is 23.6 Å². The van der Waals surface area contributed by atoms with Crippen molar-refractivity contribution in [1.82, 2.24) is 29.9 Å². The van der Waals surface area contributed by atoms with Crippen molar-refractivity contribution in [3.63, 3.8) is 0 Å². The normalized spacial score (nSPS) is 20.6. The molecule has 2 atom stereocenters. The van der Waals surface area contributed by atoms with Gasteiger partial charge in [0.25, 0.3) is 11.8 Å². The Kier molecular flexibility index (Phi) is 4.34. The molecule has 0 fully saturated rings. The van der Waals surface area contributed by atoms with Crippen LogP contribution in [0, 0.1) is 5.82 Å². The van der Waals surface area contributed by atoms with Gasteiger partial charge in [-0.2, -0.15) is 5.10 Å². The molecule has 0 saturated heterocycles. The van der Waals surface area contributed by atoms with E-state index in [0.717, 1.165) is 0 Å². The van der Waals surface area contributed by atoms with E-state index < -0.39 is 11.9 Å². The van der Waals surface area contributed by atoms with Gasteiger partial charge in [-0.05, 0) is 18.9 Å². The van der Waals surface area contributed by atoms with E-state index in [1.54, 1.807) is 46.9 Å². The maximum Gasteiger partial charge on any atom is 0.291 e. The predicted octanol–water partition coefficient (Wildman–Crippen LogP) is 1.31. The first-order chi connectivity index (χ1) is 14.5. The second-order valence-corrected chi connectivity index (χ2v) is 7.50. The summed E-state index contributed by atoms with van der Waals surface area (Å²) in [4.78, 5) is 31.4. The zero-order valence-corrected chi connectivity index (χ0v) is 16.3. The van der Waals surface area contributed by atoms with Crippen LogP contribution in [-0.2, 0) is 17.8 Å². The van der Waals surface area contributed by atoms with Gasteiger partial charge in [0, 0.05) is 31.6 Å². The lowest BCUT2D eigenvalue weighted by atomic mass is 10.0. The summed E-state index contributed by atoms with van der Waals surface area (Å²) in [5.41, 5.74) is 0.531. The number of hydrogen-bond acceptors (Lipinski definition) is 5. The number of nitrogens with one attached hydrogen (secondary N) is 1. The first kappa shape index (κ1) is 18.5. The molecule has 2 aromatic heterocycles. The summed E-state index contributed by atoms with van der Waals surface area (Å²) >= 11 is 0. The zero-order chi connectivity index (χ0) is 20.8. The van der Waals surface area contributed by atoms with Crippen molar-refractivity contribution in [2.75, 3.05) is 11.9 Å². The molecule has 0 bridgehead atoms. The number of anilines is 1. The molecule has 9 nitrogen and oxygen atoms in total. The minimum Gasteiger partial charge on any atom is -0.337 e. The third-order valence-corrected chi connectivity index (χ3v) is 5.71. The highest BCUT2D eigenvalue weighted by atomic mass is 19.1. The van der Waals surface area contributed by atoms with Gasteiger partial charge in [-0.15, -0.1) is 5.10 Å². The van der Waals surface area contributed by atoms with Gasteiger partial charge in [0.2, 0.25) is 5.82 Å². The monoisotopic (exact) mass is 409 g/mol. The fraction of sp³-hybridized carbons (Fsp3) is 0.350. The molecule has 2 amide bonds. The molecule has 4 heterocycles. The second-order valence-electron chi connectivity index (χ2n) is 7.50. The Morgan fingerprint density at radius 1 is 1.23 bits per heavy atom. The number of amides is 2. The van der Waals surface area contributed by atoms with E-state index in [9.17, 15) is 14.0 Å². The van der Waals surface area contributed by atoms with Gasteiger partial charge < -0.3 is 5.32 Å². The Bertz CT molecular complexity index is 1140. The number of benzene rings is 1. The minimum absolute atomic E-state index is 0.0107. The molecule has 0 saturated carbocycles. The minimum atomic E-state index is -0.704. The third kappa shape index (κ3) is 2.95. The molecule has 1 unspecified atom stereocenters. The molecule has 0 aliphatic carbocycles.